The Balaban J connectivity index is 2.00. The average Bonchev–Trinajstić information content (AvgIpc) is 2.94. The predicted octanol–water partition coefficient (Wildman–Crippen LogP) is 2.19. The van der Waals surface area contributed by atoms with Crippen LogP contribution >= 0.6 is 0 Å². The number of anilines is 1. The van der Waals surface area contributed by atoms with E-state index in [1.807, 2.05) is 35.1 Å². The van der Waals surface area contributed by atoms with Crippen LogP contribution in [0.5, 0.6) is 0 Å². The summed E-state index contributed by atoms with van der Waals surface area (Å²) in [6.45, 7) is 3.77. The van der Waals surface area contributed by atoms with Crippen LogP contribution in [0.3, 0.4) is 0 Å². The van der Waals surface area contributed by atoms with Crippen molar-refractivity contribution in [2.75, 3.05) is 12.4 Å². The predicted molar refractivity (Wildman–Crippen MR) is 84.1 cm³/mol. The number of aromatic nitrogens is 2. The zero-order chi connectivity index (χ0) is 15.1. The summed E-state index contributed by atoms with van der Waals surface area (Å²) in [4.78, 5) is 11.5. The highest BCUT2D eigenvalue weighted by molar-refractivity contribution is 5.80. The monoisotopic (exact) mass is 286 g/mol. The van der Waals surface area contributed by atoms with Gasteiger partial charge < -0.3 is 10.6 Å². The molecule has 0 aliphatic heterocycles. The van der Waals surface area contributed by atoms with Gasteiger partial charge in [0.15, 0.2) is 0 Å². The second-order valence-corrected chi connectivity index (χ2v) is 4.97. The molecule has 2 N–H and O–H groups in total. The Morgan fingerprint density at radius 2 is 2.14 bits per heavy atom. The molecule has 0 saturated carbocycles. The maximum atomic E-state index is 11.5. The van der Waals surface area contributed by atoms with Crippen molar-refractivity contribution < 1.29 is 4.79 Å². The molecule has 0 aliphatic rings. The Bertz CT molecular complexity index is 591. The lowest BCUT2D eigenvalue weighted by molar-refractivity contribution is -0.119. The van der Waals surface area contributed by atoms with Crippen molar-refractivity contribution in [3.05, 3.63) is 47.8 Å². The summed E-state index contributed by atoms with van der Waals surface area (Å²) in [5.41, 5.74) is 3.13. The summed E-state index contributed by atoms with van der Waals surface area (Å²) >= 11 is 0. The van der Waals surface area contributed by atoms with Gasteiger partial charge in [0, 0.05) is 37.6 Å². The zero-order valence-corrected chi connectivity index (χ0v) is 12.6. The van der Waals surface area contributed by atoms with Gasteiger partial charge in [0.1, 0.15) is 0 Å². The van der Waals surface area contributed by atoms with Crippen LogP contribution in [0.4, 0.5) is 5.69 Å². The van der Waals surface area contributed by atoms with E-state index in [1.54, 1.807) is 7.05 Å². The number of hydrogen-bond acceptors (Lipinski definition) is 3. The Hall–Kier alpha value is -2.30. The van der Waals surface area contributed by atoms with Crippen LogP contribution < -0.4 is 10.6 Å². The van der Waals surface area contributed by atoms with Crippen molar-refractivity contribution in [1.29, 1.82) is 0 Å². The Morgan fingerprint density at radius 1 is 1.33 bits per heavy atom. The lowest BCUT2D eigenvalue weighted by Gasteiger charge is -2.10. The SMILES string of the molecule is CCCn1cc(CNc2ccccc2CC(=O)NC)cn1. The van der Waals surface area contributed by atoms with Gasteiger partial charge in [-0.25, -0.2) is 0 Å². The molecule has 1 aromatic carbocycles. The third-order valence-electron chi connectivity index (χ3n) is 3.27. The molecule has 0 bridgehead atoms. The highest BCUT2D eigenvalue weighted by Gasteiger charge is 2.06. The van der Waals surface area contributed by atoms with Gasteiger partial charge in [-0.15, -0.1) is 0 Å². The van der Waals surface area contributed by atoms with Crippen LogP contribution in [0.15, 0.2) is 36.7 Å². The van der Waals surface area contributed by atoms with E-state index in [0.717, 1.165) is 29.8 Å². The molecule has 0 unspecified atom stereocenters. The van der Waals surface area contributed by atoms with E-state index in [9.17, 15) is 4.79 Å². The number of carbonyl (C=O) groups is 1. The van der Waals surface area contributed by atoms with Crippen LogP contribution in [0.2, 0.25) is 0 Å². The van der Waals surface area contributed by atoms with E-state index in [2.05, 4.69) is 28.9 Å². The van der Waals surface area contributed by atoms with Crippen molar-refractivity contribution in [2.45, 2.75) is 32.9 Å². The smallest absolute Gasteiger partial charge is 0.224 e. The summed E-state index contributed by atoms with van der Waals surface area (Å²) in [6, 6.07) is 7.88. The van der Waals surface area contributed by atoms with Crippen molar-refractivity contribution >= 4 is 11.6 Å². The average molecular weight is 286 g/mol. The van der Waals surface area contributed by atoms with E-state index in [0.29, 0.717) is 13.0 Å². The van der Waals surface area contributed by atoms with Crippen molar-refractivity contribution in [3.8, 4) is 0 Å². The summed E-state index contributed by atoms with van der Waals surface area (Å²) in [5, 5.41) is 10.3. The molecule has 1 aromatic heterocycles. The van der Waals surface area contributed by atoms with Crippen molar-refractivity contribution in [2.24, 2.45) is 0 Å². The van der Waals surface area contributed by atoms with Crippen LogP contribution in [-0.2, 0) is 24.3 Å². The summed E-state index contributed by atoms with van der Waals surface area (Å²) in [7, 11) is 1.65. The van der Waals surface area contributed by atoms with E-state index >= 15 is 0 Å². The lowest BCUT2D eigenvalue weighted by Crippen LogP contribution is -2.20. The van der Waals surface area contributed by atoms with Gasteiger partial charge in [-0.3, -0.25) is 9.48 Å². The first-order valence-corrected chi connectivity index (χ1v) is 7.26. The van der Waals surface area contributed by atoms with Gasteiger partial charge in [0.05, 0.1) is 12.6 Å². The zero-order valence-electron chi connectivity index (χ0n) is 12.6. The van der Waals surface area contributed by atoms with Gasteiger partial charge >= 0.3 is 0 Å². The van der Waals surface area contributed by atoms with Crippen molar-refractivity contribution in [1.82, 2.24) is 15.1 Å². The molecule has 5 heteroatoms. The molecule has 1 amide bonds. The summed E-state index contributed by atoms with van der Waals surface area (Å²) in [6.07, 6.45) is 5.39. The fourth-order valence-electron chi connectivity index (χ4n) is 2.15. The summed E-state index contributed by atoms with van der Waals surface area (Å²) in [5.74, 6) is 0.0139. The molecule has 2 aromatic rings. The maximum Gasteiger partial charge on any atom is 0.224 e. The van der Waals surface area contributed by atoms with Gasteiger partial charge in [0.25, 0.3) is 0 Å². The topological polar surface area (TPSA) is 59.0 Å². The van der Waals surface area contributed by atoms with E-state index in [1.165, 1.54) is 0 Å². The number of nitrogens with zero attached hydrogens (tertiary/aromatic N) is 2. The molecule has 112 valence electrons. The van der Waals surface area contributed by atoms with Gasteiger partial charge in [-0.1, -0.05) is 25.1 Å². The van der Waals surface area contributed by atoms with Crippen molar-refractivity contribution in [3.63, 3.8) is 0 Å². The minimum atomic E-state index is 0.0139. The number of benzene rings is 1. The molecule has 2 rings (SSSR count). The lowest BCUT2D eigenvalue weighted by atomic mass is 10.1. The number of aryl methyl sites for hydroxylation is 1. The number of likely N-dealkylation sites (N-methyl/N-ethyl adjacent to an activating group) is 1. The fourth-order valence-corrected chi connectivity index (χ4v) is 2.15. The number of hydrogen-bond donors (Lipinski definition) is 2. The Kier molecular flexibility index (Phi) is 5.37. The molecule has 0 radical (unpaired) electrons. The van der Waals surface area contributed by atoms with Crippen LogP contribution in [0.25, 0.3) is 0 Å². The van der Waals surface area contributed by atoms with E-state index < -0.39 is 0 Å². The number of nitrogens with one attached hydrogen (secondary N) is 2. The third-order valence-corrected chi connectivity index (χ3v) is 3.27. The van der Waals surface area contributed by atoms with Crippen LogP contribution in [-0.4, -0.2) is 22.7 Å². The van der Waals surface area contributed by atoms with Gasteiger partial charge in [0.2, 0.25) is 5.91 Å². The first-order chi connectivity index (χ1) is 10.2. The van der Waals surface area contributed by atoms with Gasteiger partial charge in [-0.2, -0.15) is 5.10 Å². The van der Waals surface area contributed by atoms with E-state index in [4.69, 9.17) is 0 Å². The highest BCUT2D eigenvalue weighted by atomic mass is 16.1. The molecule has 21 heavy (non-hydrogen) atoms. The molecule has 0 saturated heterocycles. The number of para-hydroxylation sites is 1. The molecule has 0 spiro atoms. The number of rotatable bonds is 7. The maximum absolute atomic E-state index is 11.5. The minimum Gasteiger partial charge on any atom is -0.381 e. The molecular formula is C16H22N4O. The third kappa shape index (κ3) is 4.34. The quantitative estimate of drug-likeness (QED) is 0.820. The molecule has 1 heterocycles. The first-order valence-electron chi connectivity index (χ1n) is 7.26. The summed E-state index contributed by atoms with van der Waals surface area (Å²) < 4.78 is 1.95. The molecular weight excluding hydrogens is 264 g/mol. The Labute approximate surface area is 125 Å². The second-order valence-electron chi connectivity index (χ2n) is 4.97. The Morgan fingerprint density at radius 3 is 2.90 bits per heavy atom. The first kappa shape index (κ1) is 15.1. The fraction of sp³-hybridized carbons (Fsp3) is 0.375. The van der Waals surface area contributed by atoms with Gasteiger partial charge in [-0.05, 0) is 18.1 Å². The highest BCUT2D eigenvalue weighted by Crippen LogP contribution is 2.16. The second kappa shape index (κ2) is 7.47. The minimum absolute atomic E-state index is 0.0139. The largest absolute Gasteiger partial charge is 0.381 e. The normalized spacial score (nSPS) is 10.4. The molecule has 0 atom stereocenters. The van der Waals surface area contributed by atoms with Crippen LogP contribution in [0, 0.1) is 0 Å². The number of amides is 1. The number of carbonyl (C=O) groups excluding carboxylic acids is 1. The molecule has 0 fully saturated rings. The van der Waals surface area contributed by atoms with E-state index in [-0.39, 0.29) is 5.91 Å². The molecule has 0 aliphatic carbocycles. The standard InChI is InChI=1S/C16H22N4O/c1-3-8-20-12-13(11-19-20)10-18-15-7-5-4-6-14(15)9-16(21)17-2/h4-7,11-12,18H,3,8-10H2,1-2H3,(H,17,21). The van der Waals surface area contributed by atoms with Crippen LogP contribution in [0.1, 0.15) is 24.5 Å². The molecule has 5 nitrogen and oxygen atoms in total.